The summed E-state index contributed by atoms with van der Waals surface area (Å²) < 4.78 is 11.3. The van der Waals surface area contributed by atoms with E-state index in [1.54, 1.807) is 12.1 Å². The van der Waals surface area contributed by atoms with Crippen molar-refractivity contribution in [2.45, 2.75) is 31.7 Å². The summed E-state index contributed by atoms with van der Waals surface area (Å²) in [7, 11) is 0. The zero-order chi connectivity index (χ0) is 19.1. The van der Waals surface area contributed by atoms with Gasteiger partial charge in [0.05, 0.1) is 12.2 Å². The van der Waals surface area contributed by atoms with E-state index in [1.165, 1.54) is 18.4 Å². The lowest BCUT2D eigenvalue weighted by molar-refractivity contribution is 0.299. The van der Waals surface area contributed by atoms with Gasteiger partial charge in [-0.1, -0.05) is 23.4 Å². The van der Waals surface area contributed by atoms with Crippen LogP contribution in [0, 0.1) is 17.2 Å². The lowest BCUT2D eigenvalue weighted by Crippen LogP contribution is -2.04. The molecule has 2 N–H and O–H groups in total. The number of fused-ring (bicyclic) bond motifs is 1. The van der Waals surface area contributed by atoms with Crippen LogP contribution in [0.4, 0.5) is 0 Å². The molecule has 1 heterocycles. The molecule has 6 nitrogen and oxygen atoms in total. The van der Waals surface area contributed by atoms with Gasteiger partial charge in [0.15, 0.2) is 0 Å². The predicted octanol–water partition coefficient (Wildman–Crippen LogP) is 4.01. The molecule has 6 heteroatoms. The van der Waals surface area contributed by atoms with Crippen molar-refractivity contribution in [3.05, 3.63) is 53.1 Å². The van der Waals surface area contributed by atoms with Crippen molar-refractivity contribution >= 4 is 0 Å². The Morgan fingerprint density at radius 2 is 2.11 bits per heavy atom. The van der Waals surface area contributed by atoms with Crippen molar-refractivity contribution in [1.82, 2.24) is 10.1 Å². The molecule has 0 radical (unpaired) electrons. The number of hydrogen-bond donors (Lipinski definition) is 1. The third-order valence-corrected chi connectivity index (χ3v) is 5.50. The summed E-state index contributed by atoms with van der Waals surface area (Å²) in [6.07, 6.45) is 4.27. The molecule has 0 spiro atoms. The molecule has 2 aromatic carbocycles. The Labute approximate surface area is 162 Å². The predicted molar refractivity (Wildman–Crippen MR) is 103 cm³/mol. The topological polar surface area (TPSA) is 98.0 Å². The summed E-state index contributed by atoms with van der Waals surface area (Å²) in [4.78, 5) is 4.57. The first-order valence-electron chi connectivity index (χ1n) is 9.61. The molecular formula is C22H20N4O2. The molecule has 1 atom stereocenters. The monoisotopic (exact) mass is 372 g/mol. The number of nitrogens with zero attached hydrogens (tertiary/aromatic N) is 3. The Bertz CT molecular complexity index is 1080. The highest BCUT2D eigenvalue weighted by Gasteiger charge is 2.25. The van der Waals surface area contributed by atoms with Crippen LogP contribution < -0.4 is 10.5 Å². The molecule has 140 valence electrons. The van der Waals surface area contributed by atoms with Crippen LogP contribution in [-0.4, -0.2) is 16.7 Å². The minimum atomic E-state index is 0.0719. The van der Waals surface area contributed by atoms with Crippen LogP contribution in [0.25, 0.3) is 22.8 Å². The summed E-state index contributed by atoms with van der Waals surface area (Å²) in [6.45, 7) is 0.667. The van der Waals surface area contributed by atoms with E-state index in [9.17, 15) is 5.26 Å². The standard InChI is InChI=1S/C22H20N4O2/c23-11-15-10-14(6-9-20(15)27-12-13-4-5-13)22-25-21(26-28-22)18-3-1-2-17-16(18)7-8-19(17)24/h1-3,6,9-10,13,19H,4-5,7-8,12,24H2/t19-/m1/s1. The Morgan fingerprint density at radius 3 is 2.93 bits per heavy atom. The number of benzene rings is 2. The van der Waals surface area contributed by atoms with Crippen molar-refractivity contribution in [3.8, 4) is 34.7 Å². The van der Waals surface area contributed by atoms with E-state index in [4.69, 9.17) is 15.0 Å². The van der Waals surface area contributed by atoms with E-state index in [-0.39, 0.29) is 6.04 Å². The van der Waals surface area contributed by atoms with Crippen molar-refractivity contribution in [1.29, 1.82) is 5.26 Å². The normalized spacial score (nSPS) is 17.9. The fraction of sp³-hybridized carbons (Fsp3) is 0.318. The third-order valence-electron chi connectivity index (χ3n) is 5.50. The van der Waals surface area contributed by atoms with Crippen LogP contribution in [0.3, 0.4) is 0 Å². The molecular weight excluding hydrogens is 352 g/mol. The van der Waals surface area contributed by atoms with Crippen molar-refractivity contribution in [3.63, 3.8) is 0 Å². The zero-order valence-electron chi connectivity index (χ0n) is 15.4. The summed E-state index contributed by atoms with van der Waals surface area (Å²) in [6, 6.07) is 13.7. The summed E-state index contributed by atoms with van der Waals surface area (Å²) in [5, 5.41) is 13.6. The smallest absolute Gasteiger partial charge is 0.258 e. The van der Waals surface area contributed by atoms with Gasteiger partial charge in [0.1, 0.15) is 11.8 Å². The van der Waals surface area contributed by atoms with Crippen LogP contribution in [0.2, 0.25) is 0 Å². The van der Waals surface area contributed by atoms with E-state index >= 15 is 0 Å². The van der Waals surface area contributed by atoms with Crippen LogP contribution in [-0.2, 0) is 6.42 Å². The lowest BCUT2D eigenvalue weighted by atomic mass is 10.0. The highest BCUT2D eigenvalue weighted by Crippen LogP contribution is 2.36. The van der Waals surface area contributed by atoms with Crippen molar-refractivity contribution < 1.29 is 9.26 Å². The Kier molecular flexibility index (Phi) is 4.10. The Hall–Kier alpha value is -3.17. The van der Waals surface area contributed by atoms with Gasteiger partial charge in [0, 0.05) is 17.2 Å². The molecule has 1 saturated carbocycles. The van der Waals surface area contributed by atoms with Crippen LogP contribution in [0.15, 0.2) is 40.9 Å². The number of nitrogens with two attached hydrogens (primary N) is 1. The van der Waals surface area contributed by atoms with Gasteiger partial charge >= 0.3 is 0 Å². The maximum absolute atomic E-state index is 9.48. The minimum Gasteiger partial charge on any atom is -0.492 e. The highest BCUT2D eigenvalue weighted by atomic mass is 16.5. The summed E-state index contributed by atoms with van der Waals surface area (Å²) in [5.41, 5.74) is 10.7. The van der Waals surface area contributed by atoms with Crippen molar-refractivity contribution in [2.24, 2.45) is 11.7 Å². The van der Waals surface area contributed by atoms with Gasteiger partial charge in [-0.25, -0.2) is 0 Å². The largest absolute Gasteiger partial charge is 0.492 e. The highest BCUT2D eigenvalue weighted by molar-refractivity contribution is 5.67. The molecule has 0 aliphatic heterocycles. The molecule has 0 unspecified atom stereocenters. The Morgan fingerprint density at radius 1 is 1.21 bits per heavy atom. The number of nitriles is 1. The van der Waals surface area contributed by atoms with Crippen LogP contribution >= 0.6 is 0 Å². The van der Waals surface area contributed by atoms with E-state index in [2.05, 4.69) is 22.3 Å². The summed E-state index contributed by atoms with van der Waals surface area (Å²) in [5.74, 6) is 2.17. The molecule has 0 amide bonds. The summed E-state index contributed by atoms with van der Waals surface area (Å²) >= 11 is 0. The van der Waals surface area contributed by atoms with E-state index in [0.29, 0.717) is 41.1 Å². The van der Waals surface area contributed by atoms with Gasteiger partial charge in [-0.2, -0.15) is 10.2 Å². The Balaban J connectivity index is 1.44. The van der Waals surface area contributed by atoms with Crippen LogP contribution in [0.5, 0.6) is 5.75 Å². The van der Waals surface area contributed by atoms with Gasteiger partial charge in [0.25, 0.3) is 5.89 Å². The molecule has 2 aliphatic carbocycles. The first-order chi connectivity index (χ1) is 13.7. The molecule has 3 aromatic rings. The second kappa shape index (κ2) is 6.77. The van der Waals surface area contributed by atoms with E-state index in [1.807, 2.05) is 18.2 Å². The van der Waals surface area contributed by atoms with Gasteiger partial charge in [-0.3, -0.25) is 0 Å². The van der Waals surface area contributed by atoms with Crippen molar-refractivity contribution in [2.75, 3.05) is 6.61 Å². The van der Waals surface area contributed by atoms with Gasteiger partial charge < -0.3 is 15.0 Å². The number of aromatic nitrogens is 2. The van der Waals surface area contributed by atoms with E-state index < -0.39 is 0 Å². The fourth-order valence-corrected chi connectivity index (χ4v) is 3.71. The molecule has 0 saturated heterocycles. The number of hydrogen-bond acceptors (Lipinski definition) is 6. The molecule has 1 aromatic heterocycles. The number of ether oxygens (including phenoxy) is 1. The second-order valence-corrected chi connectivity index (χ2v) is 7.52. The average Bonchev–Trinajstić information content (AvgIpc) is 3.29. The molecule has 2 aliphatic rings. The van der Waals surface area contributed by atoms with E-state index in [0.717, 1.165) is 24.0 Å². The second-order valence-electron chi connectivity index (χ2n) is 7.52. The maximum atomic E-state index is 9.48. The first kappa shape index (κ1) is 17.0. The van der Waals surface area contributed by atoms with Crippen LogP contribution in [0.1, 0.15) is 42.0 Å². The minimum absolute atomic E-state index is 0.0719. The molecule has 1 fully saturated rings. The fourth-order valence-electron chi connectivity index (χ4n) is 3.71. The molecule has 5 rings (SSSR count). The zero-order valence-corrected chi connectivity index (χ0v) is 15.4. The molecule has 28 heavy (non-hydrogen) atoms. The first-order valence-corrected chi connectivity index (χ1v) is 9.61. The average molecular weight is 372 g/mol. The van der Waals surface area contributed by atoms with Gasteiger partial charge in [0.2, 0.25) is 5.82 Å². The third kappa shape index (κ3) is 3.04. The number of rotatable bonds is 5. The molecule has 0 bridgehead atoms. The van der Waals surface area contributed by atoms with Gasteiger partial charge in [-0.05, 0) is 60.9 Å². The lowest BCUT2D eigenvalue weighted by Gasteiger charge is -2.07. The van der Waals surface area contributed by atoms with Gasteiger partial charge in [-0.15, -0.1) is 0 Å². The maximum Gasteiger partial charge on any atom is 0.258 e. The SMILES string of the molecule is N#Cc1cc(-c2nc(-c3cccc4c3CC[C@H]4N)no2)ccc1OCC1CC1. The quantitative estimate of drug-likeness (QED) is 0.727.